The van der Waals surface area contributed by atoms with Crippen LogP contribution in [0.4, 0.5) is 0 Å². The number of carbonyl (C=O) groups excluding carboxylic acids is 1. The minimum Gasteiger partial charge on any atom is -0.330 e. The number of rotatable bonds is 0. The average molecular weight is 183 g/mol. The van der Waals surface area contributed by atoms with E-state index < -0.39 is 11.8 Å². The van der Waals surface area contributed by atoms with E-state index in [2.05, 4.69) is 6.58 Å². The molecular weight excluding hydrogens is 162 g/mol. The molecule has 0 aromatic carbocycles. The molecule has 0 radical (unpaired) electrons. The molecule has 0 aliphatic carbocycles. The molecule has 1 rings (SSSR count). The van der Waals surface area contributed by atoms with Gasteiger partial charge in [0.2, 0.25) is 5.91 Å². The molecular formula is C11H19NO. The molecule has 0 spiro atoms. The maximum Gasteiger partial charge on any atom is 0.230 e. The Kier molecular flexibility index (Phi) is 1.67. The van der Waals surface area contributed by atoms with Crippen molar-refractivity contribution in [3.05, 3.63) is 12.3 Å². The van der Waals surface area contributed by atoms with Crippen LogP contribution < -0.4 is 5.31 Å². The van der Waals surface area contributed by atoms with Crippen molar-refractivity contribution in [3.63, 3.8) is 0 Å². The number of amides is 1. The zero-order chi connectivity index (χ0) is 12.0. The number of carbonyl (C=O) groups is 1. The van der Waals surface area contributed by atoms with Gasteiger partial charge in [0.05, 0.1) is 5.41 Å². The second kappa shape index (κ2) is 2.86. The summed E-state index contributed by atoms with van der Waals surface area (Å²) in [7, 11) is 0. The molecule has 0 saturated carbocycles. The van der Waals surface area contributed by atoms with Crippen molar-refractivity contribution in [2.24, 2.45) is 10.8 Å². The van der Waals surface area contributed by atoms with Gasteiger partial charge >= 0.3 is 0 Å². The fraction of sp³-hybridized carbons (Fsp3) is 0.727. The molecule has 2 heteroatoms. The van der Waals surface area contributed by atoms with Crippen LogP contribution in [0, 0.1) is 10.8 Å². The van der Waals surface area contributed by atoms with E-state index in [0.29, 0.717) is 12.1 Å². The second-order valence-corrected chi connectivity index (χ2v) is 4.84. The van der Waals surface area contributed by atoms with Gasteiger partial charge in [0.1, 0.15) is 0 Å². The first-order chi connectivity index (χ1) is 6.62. The van der Waals surface area contributed by atoms with Gasteiger partial charge in [-0.2, -0.15) is 0 Å². The average Bonchev–Trinajstić information content (AvgIpc) is 2.09. The second-order valence-electron chi connectivity index (χ2n) is 4.84. The van der Waals surface area contributed by atoms with Crippen molar-refractivity contribution in [2.45, 2.75) is 40.5 Å². The van der Waals surface area contributed by atoms with Crippen molar-refractivity contribution < 1.29 is 7.58 Å². The fourth-order valence-electron chi connectivity index (χ4n) is 1.34. The maximum atomic E-state index is 12.1. The summed E-state index contributed by atoms with van der Waals surface area (Å²) in [5.74, 6) is -0.314. The van der Waals surface area contributed by atoms with Gasteiger partial charge in [-0.15, -0.1) is 0 Å². The number of hydrogen-bond donors (Lipinski definition) is 1. The molecule has 1 heterocycles. The third-order valence-electron chi connectivity index (χ3n) is 3.01. The fourth-order valence-corrected chi connectivity index (χ4v) is 1.34. The lowest BCUT2D eigenvalue weighted by Gasteiger charge is -2.43. The number of piperidine rings is 1. The first kappa shape index (κ1) is 7.60. The number of hydrogen-bond acceptors (Lipinski definition) is 1. The molecule has 1 amide bonds. The largest absolute Gasteiger partial charge is 0.330 e. The van der Waals surface area contributed by atoms with Gasteiger partial charge < -0.3 is 5.31 Å². The van der Waals surface area contributed by atoms with E-state index in [0.717, 1.165) is 5.31 Å². The highest BCUT2D eigenvalue weighted by Gasteiger charge is 2.45. The summed E-state index contributed by atoms with van der Waals surface area (Å²) < 4.78 is 15.7. The molecule has 1 saturated heterocycles. The Hall–Kier alpha value is -0.790. The quantitative estimate of drug-likeness (QED) is 0.614. The topological polar surface area (TPSA) is 29.1 Å². The Balaban J connectivity index is 3.18. The van der Waals surface area contributed by atoms with Crippen molar-refractivity contribution in [3.8, 4) is 0 Å². The monoisotopic (exact) mass is 183 g/mol. The summed E-state index contributed by atoms with van der Waals surface area (Å²) in [6.07, 6.45) is -0.123. The molecule has 2 atom stereocenters. The molecule has 1 aliphatic rings. The van der Waals surface area contributed by atoms with Crippen LogP contribution in [0.2, 0.25) is 1.41 Å². The Morgan fingerprint density at radius 2 is 2.23 bits per heavy atom. The summed E-state index contributed by atoms with van der Waals surface area (Å²) in [5, 5.41) is 0.857. The predicted molar refractivity (Wildman–Crippen MR) is 54.1 cm³/mol. The standard InChI is InChI=1S/C11H19NO/c1-8-6-7-11(5,9(13)12-8)10(2,3)4/h1,6-7H2,2-5H3,(H,12,13)/i7D/hD. The molecule has 74 valence electrons. The van der Waals surface area contributed by atoms with Gasteiger partial charge in [-0.1, -0.05) is 34.3 Å². The normalized spacial score (nSPS) is 38.8. The lowest BCUT2D eigenvalue weighted by atomic mass is 9.63. The van der Waals surface area contributed by atoms with Crippen LogP contribution in [0.25, 0.3) is 0 Å². The minimum absolute atomic E-state index is 0.314. The van der Waals surface area contributed by atoms with E-state index in [1.165, 1.54) is 0 Å². The Labute approximate surface area is 83.3 Å². The molecule has 2 nitrogen and oxygen atoms in total. The zero-order valence-electron chi connectivity index (χ0n) is 10.8. The highest BCUT2D eigenvalue weighted by atomic mass is 16.2. The summed E-state index contributed by atoms with van der Waals surface area (Å²) in [6.45, 7) is 11.2. The lowest BCUT2D eigenvalue weighted by molar-refractivity contribution is -0.137. The van der Waals surface area contributed by atoms with Crippen LogP contribution in [-0.2, 0) is 4.79 Å². The third kappa shape index (κ3) is 1.62. The van der Waals surface area contributed by atoms with Crippen LogP contribution in [0.3, 0.4) is 0 Å². The molecule has 0 aromatic rings. The Morgan fingerprint density at radius 3 is 2.69 bits per heavy atom. The van der Waals surface area contributed by atoms with Gasteiger partial charge in [0, 0.05) is 7.07 Å². The van der Waals surface area contributed by atoms with Crippen LogP contribution >= 0.6 is 0 Å². The highest BCUT2D eigenvalue weighted by Crippen LogP contribution is 2.44. The van der Waals surface area contributed by atoms with E-state index in [9.17, 15) is 4.79 Å². The van der Waals surface area contributed by atoms with Crippen LogP contribution in [0.5, 0.6) is 0 Å². The van der Waals surface area contributed by atoms with Gasteiger partial charge in [0.15, 0.2) is 1.41 Å². The lowest BCUT2D eigenvalue weighted by Crippen LogP contribution is -2.49. The third-order valence-corrected chi connectivity index (χ3v) is 3.01. The summed E-state index contributed by atoms with van der Waals surface area (Å²) >= 11 is 0. The van der Waals surface area contributed by atoms with E-state index in [1.807, 2.05) is 20.8 Å². The predicted octanol–water partition coefficient (Wildman–Crippen LogP) is 2.46. The maximum absolute atomic E-state index is 12.1. The summed E-state index contributed by atoms with van der Waals surface area (Å²) in [5.41, 5.74) is -0.714. The van der Waals surface area contributed by atoms with E-state index in [-0.39, 0.29) is 11.3 Å². The first-order valence-corrected chi connectivity index (χ1v) is 4.56. The molecule has 1 aliphatic heterocycles. The van der Waals surface area contributed by atoms with Crippen LogP contribution in [0.1, 0.15) is 41.9 Å². The summed E-state index contributed by atoms with van der Waals surface area (Å²) in [6, 6.07) is 0. The van der Waals surface area contributed by atoms with E-state index in [4.69, 9.17) is 2.78 Å². The van der Waals surface area contributed by atoms with Crippen molar-refractivity contribution in [1.82, 2.24) is 5.31 Å². The summed E-state index contributed by atoms with van der Waals surface area (Å²) in [4.78, 5) is 12.1. The van der Waals surface area contributed by atoms with Gasteiger partial charge in [-0.25, -0.2) is 0 Å². The molecule has 0 bridgehead atoms. The molecule has 1 N–H and O–H groups in total. The molecule has 1 fully saturated rings. The van der Waals surface area contributed by atoms with E-state index in [1.54, 1.807) is 6.92 Å². The Bertz CT molecular complexity index is 308. The first-order valence-electron chi connectivity index (χ1n) is 5.58. The van der Waals surface area contributed by atoms with Gasteiger partial charge in [-0.05, 0) is 18.2 Å². The van der Waals surface area contributed by atoms with Crippen molar-refractivity contribution >= 4 is 5.91 Å². The molecule has 13 heavy (non-hydrogen) atoms. The number of allylic oxidation sites excluding steroid dienone is 1. The van der Waals surface area contributed by atoms with Crippen LogP contribution in [0.15, 0.2) is 12.3 Å². The van der Waals surface area contributed by atoms with Crippen LogP contribution in [-0.4, -0.2) is 5.91 Å². The minimum atomic E-state index is -0.810. The van der Waals surface area contributed by atoms with Gasteiger partial charge in [-0.3, -0.25) is 4.79 Å². The molecule has 0 aromatic heterocycles. The SMILES string of the molecule is [2H]C1CC(=C)N([2H])C(=O)C1(C)C(C)(C)C. The number of nitrogens with one attached hydrogen (secondary N) is 1. The smallest absolute Gasteiger partial charge is 0.230 e. The van der Waals surface area contributed by atoms with Gasteiger partial charge in [0.25, 0.3) is 0 Å². The zero-order valence-corrected chi connectivity index (χ0v) is 8.85. The molecule has 2 unspecified atom stereocenters. The Morgan fingerprint density at radius 1 is 1.69 bits per heavy atom. The van der Waals surface area contributed by atoms with Crippen molar-refractivity contribution in [1.29, 1.82) is 0 Å². The van der Waals surface area contributed by atoms with Crippen molar-refractivity contribution in [2.75, 3.05) is 0 Å². The highest BCUT2D eigenvalue weighted by molar-refractivity contribution is 5.85. The van der Waals surface area contributed by atoms with E-state index >= 15 is 0 Å².